The number of ketones is 1. The molecule has 8 heteroatoms. The molecular weight excluding hydrogens is 446 g/mol. The summed E-state index contributed by atoms with van der Waals surface area (Å²) in [6.07, 6.45) is -0.0277. The average molecular weight is 480 g/mol. The van der Waals surface area contributed by atoms with Crippen molar-refractivity contribution in [1.82, 2.24) is 9.80 Å². The molecule has 35 heavy (non-hydrogen) atoms. The highest BCUT2D eigenvalue weighted by Gasteiger charge is 2.46. The van der Waals surface area contributed by atoms with E-state index in [1.54, 1.807) is 18.2 Å². The Balaban J connectivity index is 1.83. The maximum Gasteiger partial charge on any atom is 0.295 e. The van der Waals surface area contributed by atoms with Crippen molar-refractivity contribution in [2.45, 2.75) is 26.0 Å². The van der Waals surface area contributed by atoms with Gasteiger partial charge in [0.05, 0.1) is 30.0 Å². The van der Waals surface area contributed by atoms with Crippen LogP contribution in [0.3, 0.4) is 0 Å². The topological polar surface area (TPSA) is 82.5 Å². The first kappa shape index (κ1) is 24.6. The molecule has 1 saturated heterocycles. The fraction of sp³-hybridized carbons (Fsp3) is 0.407. The van der Waals surface area contributed by atoms with E-state index >= 15 is 0 Å². The van der Waals surface area contributed by atoms with Gasteiger partial charge in [0, 0.05) is 25.7 Å². The Morgan fingerprint density at radius 3 is 2.69 bits per heavy atom. The number of ether oxygens (including phenoxy) is 2. The summed E-state index contributed by atoms with van der Waals surface area (Å²) in [6, 6.07) is 11.9. The summed E-state index contributed by atoms with van der Waals surface area (Å²) in [5.74, 6) is -0.145. The van der Waals surface area contributed by atoms with Crippen molar-refractivity contribution in [2.24, 2.45) is 0 Å². The van der Waals surface area contributed by atoms with Crippen LogP contribution in [0.15, 0.2) is 48.0 Å². The summed E-state index contributed by atoms with van der Waals surface area (Å²) in [5.41, 5.74) is 2.08. The van der Waals surface area contributed by atoms with Gasteiger partial charge in [-0.05, 0) is 63.8 Å². The number of rotatable bonds is 7. The molecule has 2 aliphatic rings. The standard InChI is InChI=1S/C27H33N3O5/c1-17(2)35-20-8-6-7-18(15-20)24-23(26(32)27(33)30(24)12-11-28(3)4)25(31)19-9-10-22-21(16-19)29(5)13-14-34-22/h6-10,15-17,24,31H,11-14H2,1-5H3/b25-23-. The third kappa shape index (κ3) is 4.98. The Kier molecular flexibility index (Phi) is 7.03. The molecule has 0 bridgehead atoms. The molecule has 186 valence electrons. The maximum absolute atomic E-state index is 13.3. The molecule has 4 rings (SSSR count). The first-order valence-electron chi connectivity index (χ1n) is 11.9. The third-order valence-corrected chi connectivity index (χ3v) is 6.20. The largest absolute Gasteiger partial charge is 0.507 e. The molecule has 1 amide bonds. The van der Waals surface area contributed by atoms with Crippen LogP contribution in [0.4, 0.5) is 5.69 Å². The van der Waals surface area contributed by atoms with Crippen molar-refractivity contribution >= 4 is 23.1 Å². The Hall–Kier alpha value is -3.52. The van der Waals surface area contributed by atoms with Crippen LogP contribution in [0.25, 0.3) is 5.76 Å². The van der Waals surface area contributed by atoms with Crippen LogP contribution in [-0.4, -0.2) is 80.1 Å². The summed E-state index contributed by atoms with van der Waals surface area (Å²) in [5, 5.41) is 11.4. The zero-order valence-electron chi connectivity index (χ0n) is 20.9. The number of hydrogen-bond acceptors (Lipinski definition) is 7. The zero-order chi connectivity index (χ0) is 25.3. The van der Waals surface area contributed by atoms with Gasteiger partial charge in [-0.3, -0.25) is 9.59 Å². The summed E-state index contributed by atoms with van der Waals surface area (Å²) in [7, 11) is 5.77. The molecular formula is C27H33N3O5. The van der Waals surface area contributed by atoms with Crippen molar-refractivity contribution in [3.63, 3.8) is 0 Å². The number of aliphatic hydroxyl groups excluding tert-OH is 1. The normalized spacial score (nSPS) is 19.3. The van der Waals surface area contributed by atoms with Crippen molar-refractivity contribution in [3.05, 3.63) is 59.2 Å². The fourth-order valence-electron chi connectivity index (χ4n) is 4.45. The molecule has 2 heterocycles. The van der Waals surface area contributed by atoms with Gasteiger partial charge in [0.15, 0.2) is 0 Å². The van der Waals surface area contributed by atoms with Crippen LogP contribution in [0, 0.1) is 0 Å². The highest BCUT2D eigenvalue weighted by molar-refractivity contribution is 6.46. The number of hydrogen-bond donors (Lipinski definition) is 1. The number of amides is 1. The lowest BCUT2D eigenvalue weighted by atomic mass is 9.94. The van der Waals surface area contributed by atoms with E-state index in [1.165, 1.54) is 4.90 Å². The van der Waals surface area contributed by atoms with Crippen LogP contribution in [0.2, 0.25) is 0 Å². The van der Waals surface area contributed by atoms with E-state index in [2.05, 4.69) is 0 Å². The number of benzene rings is 2. The first-order chi connectivity index (χ1) is 16.7. The summed E-state index contributed by atoms with van der Waals surface area (Å²) >= 11 is 0. The summed E-state index contributed by atoms with van der Waals surface area (Å²) in [4.78, 5) is 32.0. The van der Waals surface area contributed by atoms with Gasteiger partial charge in [0.2, 0.25) is 0 Å². The highest BCUT2D eigenvalue weighted by atomic mass is 16.5. The highest BCUT2D eigenvalue weighted by Crippen LogP contribution is 2.41. The second kappa shape index (κ2) is 10.00. The Bertz CT molecular complexity index is 1160. The molecule has 0 spiro atoms. The Morgan fingerprint density at radius 2 is 1.97 bits per heavy atom. The monoisotopic (exact) mass is 479 g/mol. The van der Waals surface area contributed by atoms with Crippen LogP contribution in [0.5, 0.6) is 11.5 Å². The lowest BCUT2D eigenvalue weighted by Crippen LogP contribution is -2.35. The van der Waals surface area contributed by atoms with Crippen LogP contribution < -0.4 is 14.4 Å². The van der Waals surface area contributed by atoms with Crippen molar-refractivity contribution in [1.29, 1.82) is 0 Å². The number of anilines is 1. The van der Waals surface area contributed by atoms with Crippen LogP contribution in [0.1, 0.15) is 31.0 Å². The molecule has 0 radical (unpaired) electrons. The maximum atomic E-state index is 13.3. The number of aliphatic hydroxyl groups is 1. The SMILES string of the molecule is CC(C)Oc1cccc(C2/C(=C(/O)c3ccc4c(c3)N(C)CCO4)C(=O)C(=O)N2CCN(C)C)c1. The number of carbonyl (C=O) groups is 2. The summed E-state index contributed by atoms with van der Waals surface area (Å²) < 4.78 is 11.6. The molecule has 8 nitrogen and oxygen atoms in total. The lowest BCUT2D eigenvalue weighted by molar-refractivity contribution is -0.140. The van der Waals surface area contributed by atoms with Gasteiger partial charge in [0.1, 0.15) is 23.9 Å². The van der Waals surface area contributed by atoms with Gasteiger partial charge in [-0.25, -0.2) is 0 Å². The molecule has 0 saturated carbocycles. The van der Waals surface area contributed by atoms with E-state index in [0.29, 0.717) is 36.6 Å². The minimum absolute atomic E-state index is 0.0277. The van der Waals surface area contributed by atoms with E-state index in [4.69, 9.17) is 9.47 Å². The van der Waals surface area contributed by atoms with Crippen LogP contribution in [-0.2, 0) is 9.59 Å². The number of carbonyl (C=O) groups excluding carboxylic acids is 2. The third-order valence-electron chi connectivity index (χ3n) is 6.20. The number of fused-ring (bicyclic) bond motifs is 1. The predicted molar refractivity (Wildman–Crippen MR) is 135 cm³/mol. The molecule has 2 aromatic carbocycles. The molecule has 0 aromatic heterocycles. The smallest absolute Gasteiger partial charge is 0.295 e. The molecule has 1 N–H and O–H groups in total. The number of Topliss-reactive ketones (excluding diaryl/α,β-unsaturated/α-hetero) is 1. The van der Waals surface area contributed by atoms with Crippen LogP contribution >= 0.6 is 0 Å². The number of nitrogens with zero attached hydrogens (tertiary/aromatic N) is 3. The van der Waals surface area contributed by atoms with Gasteiger partial charge >= 0.3 is 0 Å². The van der Waals surface area contributed by atoms with Gasteiger partial charge in [-0.1, -0.05) is 12.1 Å². The molecule has 2 aliphatic heterocycles. The van der Waals surface area contributed by atoms with Crippen molar-refractivity contribution in [2.75, 3.05) is 52.3 Å². The predicted octanol–water partition coefficient (Wildman–Crippen LogP) is 3.29. The Labute approximate surface area is 206 Å². The van der Waals surface area contributed by atoms with Crippen molar-refractivity contribution in [3.8, 4) is 11.5 Å². The second-order valence-corrected chi connectivity index (χ2v) is 9.49. The zero-order valence-corrected chi connectivity index (χ0v) is 20.9. The van der Waals surface area contributed by atoms with E-state index < -0.39 is 17.7 Å². The quantitative estimate of drug-likeness (QED) is 0.371. The number of likely N-dealkylation sites (tertiary alicyclic amines) is 1. The first-order valence-corrected chi connectivity index (χ1v) is 11.9. The molecule has 1 atom stereocenters. The van der Waals surface area contributed by atoms with Gasteiger partial charge < -0.3 is 29.3 Å². The van der Waals surface area contributed by atoms with E-state index in [-0.39, 0.29) is 17.4 Å². The van der Waals surface area contributed by atoms with E-state index in [9.17, 15) is 14.7 Å². The molecule has 2 aromatic rings. The van der Waals surface area contributed by atoms with Gasteiger partial charge in [-0.15, -0.1) is 0 Å². The van der Waals surface area contributed by atoms with E-state index in [1.807, 2.05) is 69.1 Å². The average Bonchev–Trinajstić information content (AvgIpc) is 3.07. The van der Waals surface area contributed by atoms with E-state index in [0.717, 1.165) is 18.0 Å². The lowest BCUT2D eigenvalue weighted by Gasteiger charge is -2.28. The summed E-state index contributed by atoms with van der Waals surface area (Å²) in [6.45, 7) is 6.09. The molecule has 1 unspecified atom stereocenters. The van der Waals surface area contributed by atoms with Gasteiger partial charge in [0.25, 0.3) is 11.7 Å². The minimum atomic E-state index is -0.726. The van der Waals surface area contributed by atoms with Crippen molar-refractivity contribution < 1.29 is 24.2 Å². The number of likely N-dealkylation sites (N-methyl/N-ethyl adjacent to an activating group) is 2. The minimum Gasteiger partial charge on any atom is -0.507 e. The molecule has 0 aliphatic carbocycles. The second-order valence-electron chi connectivity index (χ2n) is 9.49. The van der Waals surface area contributed by atoms with Gasteiger partial charge in [-0.2, -0.15) is 0 Å². The fourth-order valence-corrected chi connectivity index (χ4v) is 4.45. The molecule has 1 fully saturated rings. The Morgan fingerprint density at radius 1 is 1.20 bits per heavy atom.